The molecule has 4 rings (SSSR count). The Bertz CT molecular complexity index is 800. The zero-order valence-corrected chi connectivity index (χ0v) is 14.8. The molecular weight excluding hydrogens is 310 g/mol. The van der Waals surface area contributed by atoms with E-state index in [0.29, 0.717) is 18.9 Å². The lowest BCUT2D eigenvalue weighted by atomic mass is 9.95. The first-order valence-corrected chi connectivity index (χ1v) is 9.40. The lowest BCUT2D eigenvalue weighted by Crippen LogP contribution is -2.26. The number of carbonyl (C=O) groups is 1. The van der Waals surface area contributed by atoms with E-state index in [1.165, 1.54) is 35.2 Å². The van der Waals surface area contributed by atoms with Crippen LogP contribution in [0.1, 0.15) is 65.5 Å². The maximum absolute atomic E-state index is 12.4. The summed E-state index contributed by atoms with van der Waals surface area (Å²) in [5.41, 5.74) is 6.34. The Morgan fingerprint density at radius 3 is 2.92 bits per heavy atom. The van der Waals surface area contributed by atoms with Gasteiger partial charge in [-0.3, -0.25) is 4.79 Å². The quantitative estimate of drug-likeness (QED) is 0.932. The molecular formula is C21H25N3O. The predicted octanol–water partition coefficient (Wildman–Crippen LogP) is 3.40. The van der Waals surface area contributed by atoms with Crippen molar-refractivity contribution in [3.63, 3.8) is 0 Å². The molecule has 130 valence electrons. The zero-order valence-electron chi connectivity index (χ0n) is 14.8. The lowest BCUT2D eigenvalue weighted by Gasteiger charge is -2.18. The van der Waals surface area contributed by atoms with Crippen LogP contribution in [0.2, 0.25) is 0 Å². The highest BCUT2D eigenvalue weighted by Crippen LogP contribution is 2.35. The minimum atomic E-state index is 0.0978. The van der Waals surface area contributed by atoms with Crippen LogP contribution < -0.4 is 5.32 Å². The molecule has 2 aliphatic rings. The highest BCUT2D eigenvalue weighted by Gasteiger charge is 2.24. The van der Waals surface area contributed by atoms with E-state index in [9.17, 15) is 4.79 Å². The van der Waals surface area contributed by atoms with Gasteiger partial charge < -0.3 is 5.32 Å². The van der Waals surface area contributed by atoms with E-state index in [1.807, 2.05) is 0 Å². The van der Waals surface area contributed by atoms with Gasteiger partial charge in [-0.2, -0.15) is 0 Å². The summed E-state index contributed by atoms with van der Waals surface area (Å²) in [6, 6.07) is 8.49. The lowest BCUT2D eigenvalue weighted by molar-refractivity contribution is -0.121. The molecule has 25 heavy (non-hydrogen) atoms. The molecule has 1 aromatic carbocycles. The Labute approximate surface area is 149 Å². The van der Waals surface area contributed by atoms with Crippen LogP contribution in [0.4, 0.5) is 0 Å². The van der Waals surface area contributed by atoms with Gasteiger partial charge >= 0.3 is 0 Å². The molecule has 0 saturated carbocycles. The smallest absolute Gasteiger partial charge is 0.220 e. The molecule has 0 aliphatic heterocycles. The number of fused-ring (bicyclic) bond motifs is 2. The number of nitrogens with zero attached hydrogens (tertiary/aromatic N) is 2. The van der Waals surface area contributed by atoms with Crippen molar-refractivity contribution in [2.45, 2.75) is 64.3 Å². The van der Waals surface area contributed by atoms with E-state index >= 15 is 0 Å². The van der Waals surface area contributed by atoms with Crippen molar-refractivity contribution in [2.75, 3.05) is 0 Å². The van der Waals surface area contributed by atoms with Crippen molar-refractivity contribution in [1.29, 1.82) is 0 Å². The number of benzene rings is 1. The molecule has 0 unspecified atom stereocenters. The van der Waals surface area contributed by atoms with Gasteiger partial charge in [0, 0.05) is 17.8 Å². The van der Waals surface area contributed by atoms with Gasteiger partial charge in [0.1, 0.15) is 5.82 Å². The summed E-state index contributed by atoms with van der Waals surface area (Å²) in [7, 11) is 0. The third-order valence-electron chi connectivity index (χ3n) is 5.57. The monoisotopic (exact) mass is 335 g/mol. The van der Waals surface area contributed by atoms with Gasteiger partial charge in [-0.25, -0.2) is 9.97 Å². The van der Waals surface area contributed by atoms with Gasteiger partial charge in [-0.05, 0) is 68.1 Å². The van der Waals surface area contributed by atoms with Crippen molar-refractivity contribution < 1.29 is 4.79 Å². The molecule has 0 saturated heterocycles. The van der Waals surface area contributed by atoms with E-state index in [4.69, 9.17) is 0 Å². The molecule has 0 fully saturated rings. The first kappa shape index (κ1) is 16.2. The zero-order chi connectivity index (χ0) is 17.2. The molecule has 2 aliphatic carbocycles. The Morgan fingerprint density at radius 2 is 2.00 bits per heavy atom. The molecule has 1 amide bonds. The number of amides is 1. The van der Waals surface area contributed by atoms with Crippen LogP contribution in [-0.2, 0) is 30.6 Å². The van der Waals surface area contributed by atoms with Gasteiger partial charge in [0.15, 0.2) is 0 Å². The van der Waals surface area contributed by atoms with E-state index < -0.39 is 0 Å². The summed E-state index contributed by atoms with van der Waals surface area (Å²) in [4.78, 5) is 21.7. The summed E-state index contributed by atoms with van der Waals surface area (Å²) >= 11 is 0. The van der Waals surface area contributed by atoms with E-state index in [-0.39, 0.29) is 5.91 Å². The van der Waals surface area contributed by atoms with Crippen molar-refractivity contribution in [3.05, 3.63) is 58.2 Å². The fraction of sp³-hybridized carbons (Fsp3) is 0.476. The van der Waals surface area contributed by atoms with Crippen LogP contribution >= 0.6 is 0 Å². The molecule has 1 heterocycles. The number of carbonyl (C=O) groups excluding carboxylic acids is 1. The van der Waals surface area contributed by atoms with Crippen molar-refractivity contribution in [2.24, 2.45) is 0 Å². The van der Waals surface area contributed by atoms with Gasteiger partial charge in [-0.15, -0.1) is 0 Å². The third-order valence-corrected chi connectivity index (χ3v) is 5.57. The molecule has 4 nitrogen and oxygen atoms in total. The Kier molecular flexibility index (Phi) is 4.51. The number of nitrogens with one attached hydrogen (secondary N) is 1. The van der Waals surface area contributed by atoms with Gasteiger partial charge in [0.2, 0.25) is 5.91 Å². The molecule has 2 aromatic rings. The molecule has 1 aromatic heterocycles. The van der Waals surface area contributed by atoms with Crippen molar-refractivity contribution >= 4 is 5.91 Å². The summed E-state index contributed by atoms with van der Waals surface area (Å²) in [5, 5.41) is 3.03. The molecule has 1 atom stereocenters. The second kappa shape index (κ2) is 6.95. The van der Waals surface area contributed by atoms with Gasteiger partial charge in [-0.1, -0.05) is 24.3 Å². The average molecular weight is 335 g/mol. The Balaban J connectivity index is 1.37. The summed E-state index contributed by atoms with van der Waals surface area (Å²) in [6.45, 7) is 2.49. The standard InChI is InChI=1S/C21H25N3O/c1-14-17-7-4-5-9-19(17)24-20(23-14)13-22-21(25)12-16-11-10-15-6-2-3-8-18(15)16/h2-3,6,8,16H,4-5,7,9-13H2,1H3,(H,22,25)/t16-/m1/s1. The second-order valence-corrected chi connectivity index (χ2v) is 7.27. The fourth-order valence-electron chi connectivity index (χ4n) is 4.25. The largest absolute Gasteiger partial charge is 0.349 e. The van der Waals surface area contributed by atoms with Crippen LogP contribution in [0.25, 0.3) is 0 Å². The Morgan fingerprint density at radius 1 is 1.16 bits per heavy atom. The number of aryl methyl sites for hydroxylation is 3. The van der Waals surface area contributed by atoms with Crippen LogP contribution in [0.15, 0.2) is 24.3 Å². The summed E-state index contributed by atoms with van der Waals surface area (Å²) in [5.74, 6) is 1.20. The van der Waals surface area contributed by atoms with Crippen LogP contribution in [0, 0.1) is 6.92 Å². The van der Waals surface area contributed by atoms with E-state index in [1.54, 1.807) is 0 Å². The van der Waals surface area contributed by atoms with E-state index in [0.717, 1.165) is 37.2 Å². The number of hydrogen-bond acceptors (Lipinski definition) is 3. The minimum absolute atomic E-state index is 0.0978. The second-order valence-electron chi connectivity index (χ2n) is 7.27. The number of rotatable bonds is 4. The fourth-order valence-corrected chi connectivity index (χ4v) is 4.25. The van der Waals surface area contributed by atoms with E-state index in [2.05, 4.69) is 46.5 Å². The topological polar surface area (TPSA) is 54.9 Å². The van der Waals surface area contributed by atoms with Gasteiger partial charge in [0.25, 0.3) is 0 Å². The summed E-state index contributed by atoms with van der Waals surface area (Å²) in [6.07, 6.45) is 7.28. The third kappa shape index (κ3) is 3.44. The normalized spacial score (nSPS) is 18.5. The SMILES string of the molecule is Cc1nc(CNC(=O)C[C@H]2CCc3ccccc32)nc2c1CCCC2. The highest BCUT2D eigenvalue weighted by atomic mass is 16.1. The summed E-state index contributed by atoms with van der Waals surface area (Å²) < 4.78 is 0. The molecule has 4 heteroatoms. The van der Waals surface area contributed by atoms with Crippen LogP contribution in [-0.4, -0.2) is 15.9 Å². The minimum Gasteiger partial charge on any atom is -0.349 e. The molecule has 1 N–H and O–H groups in total. The van der Waals surface area contributed by atoms with Crippen molar-refractivity contribution in [3.8, 4) is 0 Å². The van der Waals surface area contributed by atoms with Crippen LogP contribution in [0.3, 0.4) is 0 Å². The number of aromatic nitrogens is 2. The first-order valence-electron chi connectivity index (χ1n) is 9.40. The number of hydrogen-bond donors (Lipinski definition) is 1. The maximum atomic E-state index is 12.4. The maximum Gasteiger partial charge on any atom is 0.220 e. The molecule has 0 radical (unpaired) electrons. The van der Waals surface area contributed by atoms with Crippen LogP contribution in [0.5, 0.6) is 0 Å². The highest BCUT2D eigenvalue weighted by molar-refractivity contribution is 5.77. The van der Waals surface area contributed by atoms with Gasteiger partial charge in [0.05, 0.1) is 6.54 Å². The average Bonchev–Trinajstić information content (AvgIpc) is 3.03. The molecule has 0 spiro atoms. The first-order chi connectivity index (χ1) is 12.2. The molecule has 0 bridgehead atoms. The predicted molar refractivity (Wildman–Crippen MR) is 97.4 cm³/mol. The Hall–Kier alpha value is -2.23. The van der Waals surface area contributed by atoms with Crippen molar-refractivity contribution in [1.82, 2.24) is 15.3 Å².